The Balaban J connectivity index is 1.65. The molecule has 1 heterocycles. The number of hydrogen-bond acceptors (Lipinski definition) is 2. The van der Waals surface area contributed by atoms with Crippen molar-refractivity contribution in [2.24, 2.45) is 11.7 Å². The Bertz CT molecular complexity index is 275. The van der Waals surface area contributed by atoms with Crippen LogP contribution in [0.15, 0.2) is 16.8 Å². The van der Waals surface area contributed by atoms with E-state index >= 15 is 0 Å². The average Bonchev–Trinajstić information content (AvgIpc) is 2.81. The van der Waals surface area contributed by atoms with Gasteiger partial charge >= 0.3 is 0 Å². The van der Waals surface area contributed by atoms with E-state index in [2.05, 4.69) is 16.8 Å². The minimum atomic E-state index is 0.372. The number of rotatable bonds is 5. The maximum Gasteiger partial charge on any atom is 0.00797 e. The molecule has 0 aromatic carbocycles. The molecule has 0 bridgehead atoms. The topological polar surface area (TPSA) is 26.0 Å². The number of thiophene rings is 1. The van der Waals surface area contributed by atoms with E-state index in [1.165, 1.54) is 50.5 Å². The van der Waals surface area contributed by atoms with Crippen LogP contribution in [0.2, 0.25) is 0 Å². The van der Waals surface area contributed by atoms with Crippen LogP contribution in [0.3, 0.4) is 0 Å². The van der Waals surface area contributed by atoms with Crippen LogP contribution in [0.25, 0.3) is 0 Å². The largest absolute Gasteiger partial charge is 0.327 e. The van der Waals surface area contributed by atoms with E-state index in [-0.39, 0.29) is 0 Å². The number of hydrogen-bond donors (Lipinski definition) is 1. The van der Waals surface area contributed by atoms with E-state index in [0.717, 1.165) is 12.3 Å². The number of nitrogens with two attached hydrogens (primary N) is 1. The van der Waals surface area contributed by atoms with Crippen molar-refractivity contribution in [2.75, 3.05) is 0 Å². The summed E-state index contributed by atoms with van der Waals surface area (Å²) in [5.74, 6) is 0.974. The first-order valence-corrected chi connectivity index (χ1v) is 7.55. The third-order valence-electron chi connectivity index (χ3n) is 3.75. The van der Waals surface area contributed by atoms with Crippen LogP contribution < -0.4 is 5.73 Å². The maximum atomic E-state index is 6.19. The highest BCUT2D eigenvalue weighted by Gasteiger charge is 2.14. The molecule has 1 aliphatic rings. The fourth-order valence-corrected chi connectivity index (χ4v) is 3.42. The molecule has 2 heteroatoms. The summed E-state index contributed by atoms with van der Waals surface area (Å²) in [4.78, 5) is 0. The highest BCUT2D eigenvalue weighted by molar-refractivity contribution is 7.07. The van der Waals surface area contributed by atoms with Gasteiger partial charge < -0.3 is 5.73 Å². The van der Waals surface area contributed by atoms with Gasteiger partial charge in [-0.1, -0.05) is 32.1 Å². The van der Waals surface area contributed by atoms with Gasteiger partial charge in [-0.3, -0.25) is 0 Å². The summed E-state index contributed by atoms with van der Waals surface area (Å²) in [6.45, 7) is 0. The minimum Gasteiger partial charge on any atom is -0.327 e. The zero-order valence-electron chi connectivity index (χ0n) is 10.0. The third-order valence-corrected chi connectivity index (χ3v) is 4.48. The van der Waals surface area contributed by atoms with Gasteiger partial charge in [0.2, 0.25) is 0 Å². The molecule has 2 N–H and O–H groups in total. The average molecular weight is 237 g/mol. The highest BCUT2D eigenvalue weighted by atomic mass is 32.1. The van der Waals surface area contributed by atoms with Gasteiger partial charge in [-0.2, -0.15) is 11.3 Å². The molecule has 1 saturated carbocycles. The second-order valence-electron chi connectivity index (χ2n) is 5.18. The van der Waals surface area contributed by atoms with Crippen LogP contribution in [-0.4, -0.2) is 6.04 Å². The van der Waals surface area contributed by atoms with Gasteiger partial charge in [0.05, 0.1) is 0 Å². The van der Waals surface area contributed by atoms with Crippen molar-refractivity contribution in [3.05, 3.63) is 22.4 Å². The molecular formula is C14H23NS. The van der Waals surface area contributed by atoms with Crippen LogP contribution in [0.4, 0.5) is 0 Å². The molecule has 0 spiro atoms. The van der Waals surface area contributed by atoms with Crippen LogP contribution in [0.5, 0.6) is 0 Å². The van der Waals surface area contributed by atoms with Gasteiger partial charge in [0, 0.05) is 6.04 Å². The summed E-state index contributed by atoms with van der Waals surface area (Å²) in [5.41, 5.74) is 7.60. The summed E-state index contributed by atoms with van der Waals surface area (Å²) in [6, 6.07) is 2.57. The van der Waals surface area contributed by atoms with Crippen molar-refractivity contribution in [1.82, 2.24) is 0 Å². The van der Waals surface area contributed by atoms with Crippen LogP contribution in [0.1, 0.15) is 50.5 Å². The van der Waals surface area contributed by atoms with Crippen molar-refractivity contribution >= 4 is 11.3 Å². The molecule has 1 fully saturated rings. The van der Waals surface area contributed by atoms with Gasteiger partial charge in [0.1, 0.15) is 0 Å². The summed E-state index contributed by atoms with van der Waals surface area (Å²) in [6.07, 6.45) is 10.9. The molecule has 0 saturated heterocycles. The Kier molecular flexibility index (Phi) is 4.86. The van der Waals surface area contributed by atoms with Gasteiger partial charge in [-0.05, 0) is 47.6 Å². The second kappa shape index (κ2) is 6.41. The predicted octanol–water partition coefficient (Wildman–Crippen LogP) is 3.98. The van der Waals surface area contributed by atoms with Gasteiger partial charge in [-0.15, -0.1) is 0 Å². The smallest absolute Gasteiger partial charge is 0.00797 e. The molecule has 16 heavy (non-hydrogen) atoms. The Morgan fingerprint density at radius 1 is 1.31 bits per heavy atom. The Morgan fingerprint density at radius 3 is 2.81 bits per heavy atom. The lowest BCUT2D eigenvalue weighted by Crippen LogP contribution is -2.23. The SMILES string of the molecule is NC(CCC1CCCCC1)Cc1ccsc1. The van der Waals surface area contributed by atoms with Crippen molar-refractivity contribution in [1.29, 1.82) is 0 Å². The molecule has 0 amide bonds. The first-order valence-electron chi connectivity index (χ1n) is 6.61. The maximum absolute atomic E-state index is 6.19. The summed E-state index contributed by atoms with van der Waals surface area (Å²) >= 11 is 1.77. The Morgan fingerprint density at radius 2 is 2.12 bits per heavy atom. The van der Waals surface area contributed by atoms with E-state index in [0.29, 0.717) is 6.04 Å². The molecule has 1 nitrogen and oxygen atoms in total. The zero-order valence-corrected chi connectivity index (χ0v) is 10.8. The first-order chi connectivity index (χ1) is 7.84. The summed E-state index contributed by atoms with van der Waals surface area (Å²) in [5, 5.41) is 4.36. The quantitative estimate of drug-likeness (QED) is 0.823. The molecule has 1 aromatic rings. The van der Waals surface area contributed by atoms with Gasteiger partial charge in [0.25, 0.3) is 0 Å². The van der Waals surface area contributed by atoms with Crippen LogP contribution >= 0.6 is 11.3 Å². The molecule has 1 atom stereocenters. The lowest BCUT2D eigenvalue weighted by molar-refractivity contribution is 0.323. The predicted molar refractivity (Wildman–Crippen MR) is 71.8 cm³/mol. The molecular weight excluding hydrogens is 214 g/mol. The summed E-state index contributed by atoms with van der Waals surface area (Å²) in [7, 11) is 0. The Hall–Kier alpha value is -0.340. The van der Waals surface area contributed by atoms with Crippen molar-refractivity contribution < 1.29 is 0 Å². The molecule has 1 aliphatic carbocycles. The normalized spacial score (nSPS) is 19.8. The molecule has 1 aromatic heterocycles. The van der Waals surface area contributed by atoms with Crippen molar-refractivity contribution in [3.63, 3.8) is 0 Å². The molecule has 1 unspecified atom stereocenters. The minimum absolute atomic E-state index is 0.372. The standard InChI is InChI=1S/C14H23NS/c15-14(10-13-8-9-16-11-13)7-6-12-4-2-1-3-5-12/h8-9,11-12,14H,1-7,10,15H2. The fourth-order valence-electron chi connectivity index (χ4n) is 2.74. The second-order valence-corrected chi connectivity index (χ2v) is 5.96. The Labute approximate surface area is 103 Å². The van der Waals surface area contributed by atoms with E-state index in [1.54, 1.807) is 11.3 Å². The zero-order chi connectivity index (χ0) is 11.2. The molecule has 0 radical (unpaired) electrons. The van der Waals surface area contributed by atoms with E-state index in [1.807, 2.05) is 0 Å². The fraction of sp³-hybridized carbons (Fsp3) is 0.714. The summed E-state index contributed by atoms with van der Waals surface area (Å²) < 4.78 is 0. The van der Waals surface area contributed by atoms with E-state index in [9.17, 15) is 0 Å². The van der Waals surface area contributed by atoms with Crippen molar-refractivity contribution in [2.45, 2.75) is 57.4 Å². The van der Waals surface area contributed by atoms with Gasteiger partial charge in [0.15, 0.2) is 0 Å². The monoisotopic (exact) mass is 237 g/mol. The highest BCUT2D eigenvalue weighted by Crippen LogP contribution is 2.27. The third kappa shape index (κ3) is 3.91. The molecule has 2 rings (SSSR count). The first kappa shape index (κ1) is 12.1. The van der Waals surface area contributed by atoms with Crippen LogP contribution in [-0.2, 0) is 6.42 Å². The van der Waals surface area contributed by atoms with Gasteiger partial charge in [-0.25, -0.2) is 0 Å². The lowest BCUT2D eigenvalue weighted by Gasteiger charge is -2.22. The van der Waals surface area contributed by atoms with E-state index in [4.69, 9.17) is 5.73 Å². The molecule has 0 aliphatic heterocycles. The molecule has 90 valence electrons. The lowest BCUT2D eigenvalue weighted by atomic mass is 9.85. The van der Waals surface area contributed by atoms with Crippen LogP contribution in [0, 0.1) is 5.92 Å². The van der Waals surface area contributed by atoms with Crippen molar-refractivity contribution in [3.8, 4) is 0 Å². The van der Waals surface area contributed by atoms with E-state index < -0.39 is 0 Å².